The third-order valence-electron chi connectivity index (χ3n) is 4.82. The lowest BCUT2D eigenvalue weighted by Crippen LogP contribution is -2.32. The Morgan fingerprint density at radius 2 is 1.69 bits per heavy atom. The number of sulfonamides is 1. The van der Waals surface area contributed by atoms with Crippen LogP contribution in [0.5, 0.6) is 0 Å². The van der Waals surface area contributed by atoms with Gasteiger partial charge in [0.05, 0.1) is 9.79 Å². The van der Waals surface area contributed by atoms with Crippen molar-refractivity contribution in [2.24, 2.45) is 0 Å². The number of amides is 1. The van der Waals surface area contributed by atoms with E-state index in [0.29, 0.717) is 5.69 Å². The first kappa shape index (κ1) is 22.4. The molecule has 1 aromatic heterocycles. The molecule has 1 saturated heterocycles. The summed E-state index contributed by atoms with van der Waals surface area (Å²) in [4.78, 5) is 18.0. The van der Waals surface area contributed by atoms with Gasteiger partial charge in [-0.25, -0.2) is 13.4 Å². The molecule has 9 nitrogen and oxygen atoms in total. The summed E-state index contributed by atoms with van der Waals surface area (Å²) in [5.74, 6) is -0.503. The van der Waals surface area contributed by atoms with Gasteiger partial charge in [0.1, 0.15) is 0 Å². The Labute approximate surface area is 189 Å². The van der Waals surface area contributed by atoms with E-state index >= 15 is 0 Å². The largest absolute Gasteiger partial charge is 0.310 e. The van der Waals surface area contributed by atoms with Crippen LogP contribution in [-0.2, 0) is 29.1 Å². The maximum absolute atomic E-state index is 12.8. The Balaban J connectivity index is 1.46. The first-order valence-electron chi connectivity index (χ1n) is 9.49. The maximum atomic E-state index is 12.8. The molecule has 1 atom stereocenters. The highest BCUT2D eigenvalue weighted by Gasteiger charge is 2.37. The number of thiazole rings is 1. The molecule has 0 spiro atoms. The van der Waals surface area contributed by atoms with Crippen LogP contribution in [0.3, 0.4) is 0 Å². The Morgan fingerprint density at radius 3 is 2.31 bits per heavy atom. The number of nitrogens with one attached hydrogen (secondary N) is 1. The minimum absolute atomic E-state index is 0.0119. The van der Waals surface area contributed by atoms with E-state index in [1.165, 1.54) is 47.5 Å². The fraction of sp³-hybridized carbons (Fsp3) is 0.200. The minimum atomic E-state index is -4.09. The van der Waals surface area contributed by atoms with E-state index in [0.717, 1.165) is 16.9 Å². The first-order valence-corrected chi connectivity index (χ1v) is 13.3. The predicted molar refractivity (Wildman–Crippen MR) is 120 cm³/mol. The van der Waals surface area contributed by atoms with Crippen LogP contribution in [0.25, 0.3) is 0 Å². The predicted octanol–water partition coefficient (Wildman–Crippen LogP) is 2.76. The van der Waals surface area contributed by atoms with Gasteiger partial charge in [-0.15, -0.1) is 11.3 Å². The van der Waals surface area contributed by atoms with Crippen molar-refractivity contribution in [2.75, 3.05) is 16.2 Å². The molecule has 2 heterocycles. The Kier molecular flexibility index (Phi) is 6.03. The third-order valence-corrected chi connectivity index (χ3v) is 8.33. The molecule has 12 heteroatoms. The van der Waals surface area contributed by atoms with Crippen molar-refractivity contribution in [2.45, 2.75) is 29.2 Å². The Hall–Kier alpha value is -2.80. The van der Waals surface area contributed by atoms with Crippen LogP contribution < -0.4 is 9.62 Å². The van der Waals surface area contributed by atoms with E-state index in [4.69, 9.17) is 4.18 Å². The number of benzene rings is 2. The number of aryl methyl sites for hydroxylation is 1. The van der Waals surface area contributed by atoms with Crippen LogP contribution >= 0.6 is 11.3 Å². The summed E-state index contributed by atoms with van der Waals surface area (Å²) in [6.07, 6.45) is 0.536. The number of anilines is 2. The van der Waals surface area contributed by atoms with Crippen LogP contribution in [0.2, 0.25) is 0 Å². The second-order valence-electron chi connectivity index (χ2n) is 7.07. The second-order valence-corrected chi connectivity index (χ2v) is 11.2. The van der Waals surface area contributed by atoms with Gasteiger partial charge in [-0.3, -0.25) is 13.7 Å². The summed E-state index contributed by atoms with van der Waals surface area (Å²) in [6.45, 7) is 2.08. The van der Waals surface area contributed by atoms with E-state index in [1.807, 2.05) is 6.92 Å². The van der Waals surface area contributed by atoms with Gasteiger partial charge in [-0.2, -0.15) is 8.42 Å². The zero-order valence-electron chi connectivity index (χ0n) is 16.8. The molecular formula is C20H19N3O6S3. The van der Waals surface area contributed by atoms with Crippen molar-refractivity contribution in [3.63, 3.8) is 0 Å². The van der Waals surface area contributed by atoms with Gasteiger partial charge in [-0.1, -0.05) is 17.7 Å². The molecule has 1 aliphatic heterocycles. The maximum Gasteiger partial charge on any atom is 0.297 e. The van der Waals surface area contributed by atoms with E-state index in [1.54, 1.807) is 17.5 Å². The van der Waals surface area contributed by atoms with E-state index < -0.39 is 32.2 Å². The van der Waals surface area contributed by atoms with Gasteiger partial charge in [0.2, 0.25) is 0 Å². The van der Waals surface area contributed by atoms with Gasteiger partial charge in [0, 0.05) is 30.2 Å². The van der Waals surface area contributed by atoms with Crippen LogP contribution in [0, 0.1) is 6.92 Å². The molecule has 0 bridgehead atoms. The van der Waals surface area contributed by atoms with Gasteiger partial charge in [0.25, 0.3) is 26.0 Å². The van der Waals surface area contributed by atoms with Crippen LogP contribution in [0.15, 0.2) is 69.9 Å². The summed E-state index contributed by atoms with van der Waals surface area (Å²) in [6, 6.07) is 11.9. The van der Waals surface area contributed by atoms with E-state index in [9.17, 15) is 21.6 Å². The quantitative estimate of drug-likeness (QED) is 0.502. The number of hydrogen-bond donors (Lipinski definition) is 1. The van der Waals surface area contributed by atoms with Crippen LogP contribution in [0.1, 0.15) is 12.0 Å². The summed E-state index contributed by atoms with van der Waals surface area (Å²) >= 11 is 1.15. The van der Waals surface area contributed by atoms with Crippen molar-refractivity contribution in [3.8, 4) is 0 Å². The molecule has 1 fully saturated rings. The second kappa shape index (κ2) is 8.62. The molecular weight excluding hydrogens is 474 g/mol. The topological polar surface area (TPSA) is 123 Å². The molecule has 168 valence electrons. The lowest BCUT2D eigenvalue weighted by molar-refractivity contribution is -0.122. The SMILES string of the molecule is Cc1ccc(S(=O)(=O)O[C@@H]2CCN(c3ccc(S(=O)(=O)Nc4nccs4)cc3)C2=O)cc1. The van der Waals surface area contributed by atoms with Crippen molar-refractivity contribution < 1.29 is 25.8 Å². The molecule has 0 saturated carbocycles. The fourth-order valence-electron chi connectivity index (χ4n) is 3.17. The zero-order chi connectivity index (χ0) is 22.9. The van der Waals surface area contributed by atoms with Gasteiger partial charge < -0.3 is 4.90 Å². The molecule has 0 aliphatic carbocycles. The van der Waals surface area contributed by atoms with Gasteiger partial charge >= 0.3 is 0 Å². The summed E-state index contributed by atoms with van der Waals surface area (Å²) in [5, 5.41) is 1.90. The normalized spacial score (nSPS) is 17.0. The molecule has 3 aromatic rings. The molecule has 0 unspecified atom stereocenters. The lowest BCUT2D eigenvalue weighted by atomic mass is 10.2. The average molecular weight is 494 g/mol. The number of rotatable bonds is 7. The Bertz CT molecular complexity index is 1320. The van der Waals surface area contributed by atoms with E-state index in [-0.39, 0.29) is 27.9 Å². The first-order chi connectivity index (χ1) is 15.2. The minimum Gasteiger partial charge on any atom is -0.310 e. The zero-order valence-corrected chi connectivity index (χ0v) is 19.3. The smallest absolute Gasteiger partial charge is 0.297 e. The molecule has 1 aliphatic rings. The van der Waals surface area contributed by atoms with Crippen LogP contribution in [0.4, 0.5) is 10.8 Å². The number of hydrogen-bond acceptors (Lipinski definition) is 8. The highest BCUT2D eigenvalue weighted by atomic mass is 32.2. The summed E-state index contributed by atoms with van der Waals surface area (Å²) < 4.78 is 57.5. The fourth-order valence-corrected chi connectivity index (χ4v) is 6.02. The monoisotopic (exact) mass is 493 g/mol. The van der Waals surface area contributed by atoms with E-state index in [2.05, 4.69) is 9.71 Å². The highest BCUT2D eigenvalue weighted by Crippen LogP contribution is 2.27. The van der Waals surface area contributed by atoms with Crippen LogP contribution in [-0.4, -0.2) is 40.4 Å². The molecule has 4 rings (SSSR count). The average Bonchev–Trinajstić information content (AvgIpc) is 3.38. The summed E-state index contributed by atoms with van der Waals surface area (Å²) in [5.41, 5.74) is 1.35. The number of nitrogens with zero attached hydrogens (tertiary/aromatic N) is 2. The van der Waals surface area contributed by atoms with Crippen molar-refractivity contribution in [1.82, 2.24) is 4.98 Å². The summed E-state index contributed by atoms with van der Waals surface area (Å²) in [7, 11) is -7.91. The molecule has 2 aromatic carbocycles. The number of aromatic nitrogens is 1. The van der Waals surface area contributed by atoms with Crippen molar-refractivity contribution >= 4 is 48.2 Å². The van der Waals surface area contributed by atoms with Gasteiger partial charge in [-0.05, 0) is 43.3 Å². The highest BCUT2D eigenvalue weighted by molar-refractivity contribution is 7.93. The molecule has 1 amide bonds. The third kappa shape index (κ3) is 4.67. The molecule has 1 N–H and O–H groups in total. The molecule has 0 radical (unpaired) electrons. The lowest BCUT2D eigenvalue weighted by Gasteiger charge is -2.17. The van der Waals surface area contributed by atoms with Crippen molar-refractivity contribution in [1.29, 1.82) is 0 Å². The van der Waals surface area contributed by atoms with Crippen molar-refractivity contribution in [3.05, 3.63) is 65.7 Å². The Morgan fingerprint density at radius 1 is 1.03 bits per heavy atom. The number of carbonyl (C=O) groups excluding carboxylic acids is 1. The standard InChI is InChI=1S/C20H19N3O6S3/c1-14-2-6-17(7-3-14)32(27,28)29-18-10-12-23(19(18)24)15-4-8-16(9-5-15)31(25,26)22-20-21-11-13-30-20/h2-9,11,13,18H,10,12H2,1H3,(H,21,22)/t18-/m1/s1. The molecule has 32 heavy (non-hydrogen) atoms. The number of carbonyl (C=O) groups is 1. The van der Waals surface area contributed by atoms with Gasteiger partial charge in [0.15, 0.2) is 11.2 Å².